The van der Waals surface area contributed by atoms with Crippen molar-refractivity contribution in [1.82, 2.24) is 4.90 Å². The lowest BCUT2D eigenvalue weighted by atomic mass is 10.0. The standard InChI is InChI=1S/C14H16N4O3/c1-18-13(20)6-11(14(18)21)16-10-4-7-2-3-12(19)17-9(7)5-8(10)15/h4-5,11,16H,2-3,6,15H2,1H3,(H,17,19). The summed E-state index contributed by atoms with van der Waals surface area (Å²) in [6, 6.07) is 2.93. The molecule has 3 amide bonds. The van der Waals surface area contributed by atoms with Crippen molar-refractivity contribution in [3.05, 3.63) is 17.7 Å². The van der Waals surface area contributed by atoms with Crippen LogP contribution in [0.2, 0.25) is 0 Å². The number of nitrogens with one attached hydrogen (secondary N) is 2. The van der Waals surface area contributed by atoms with E-state index in [4.69, 9.17) is 5.73 Å². The fraction of sp³-hybridized carbons (Fsp3) is 0.357. The van der Waals surface area contributed by atoms with Gasteiger partial charge in [0.2, 0.25) is 11.8 Å². The van der Waals surface area contributed by atoms with Gasteiger partial charge in [-0.25, -0.2) is 0 Å². The lowest BCUT2D eigenvalue weighted by Crippen LogP contribution is -2.32. The fourth-order valence-electron chi connectivity index (χ4n) is 2.63. The number of hydrogen-bond acceptors (Lipinski definition) is 5. The minimum Gasteiger partial charge on any atom is -0.397 e. The molecule has 7 heteroatoms. The lowest BCUT2D eigenvalue weighted by molar-refractivity contribution is -0.136. The number of rotatable bonds is 2. The maximum atomic E-state index is 11.9. The van der Waals surface area contributed by atoms with E-state index >= 15 is 0 Å². The van der Waals surface area contributed by atoms with E-state index in [1.54, 1.807) is 6.07 Å². The van der Waals surface area contributed by atoms with Gasteiger partial charge in [-0.3, -0.25) is 19.3 Å². The van der Waals surface area contributed by atoms with E-state index in [1.807, 2.05) is 6.07 Å². The summed E-state index contributed by atoms with van der Waals surface area (Å²) in [5.74, 6) is -0.493. The van der Waals surface area contributed by atoms with Gasteiger partial charge >= 0.3 is 0 Å². The normalized spacial score (nSPS) is 21.3. The Morgan fingerprint density at radius 2 is 2.05 bits per heavy atom. The Bertz CT molecular complexity index is 656. The van der Waals surface area contributed by atoms with Crippen LogP contribution in [0.5, 0.6) is 0 Å². The van der Waals surface area contributed by atoms with Crippen LogP contribution in [-0.2, 0) is 20.8 Å². The molecular formula is C14H16N4O3. The molecule has 0 saturated carbocycles. The molecule has 110 valence electrons. The maximum absolute atomic E-state index is 11.9. The van der Waals surface area contributed by atoms with Crippen LogP contribution >= 0.6 is 0 Å². The zero-order chi connectivity index (χ0) is 15.1. The van der Waals surface area contributed by atoms with E-state index in [0.29, 0.717) is 29.9 Å². The largest absolute Gasteiger partial charge is 0.397 e. The molecule has 0 radical (unpaired) electrons. The van der Waals surface area contributed by atoms with Crippen molar-refractivity contribution in [2.75, 3.05) is 23.4 Å². The SMILES string of the molecule is CN1C(=O)CC(Nc2cc3c(cc2N)NC(=O)CC3)C1=O. The molecule has 2 heterocycles. The highest BCUT2D eigenvalue weighted by atomic mass is 16.2. The third-order valence-corrected chi connectivity index (χ3v) is 3.88. The molecule has 0 bridgehead atoms. The first-order valence-corrected chi connectivity index (χ1v) is 6.75. The number of nitrogen functional groups attached to an aromatic ring is 1. The highest BCUT2D eigenvalue weighted by molar-refractivity contribution is 6.07. The van der Waals surface area contributed by atoms with Crippen LogP contribution in [0.25, 0.3) is 0 Å². The number of benzene rings is 1. The van der Waals surface area contributed by atoms with Gasteiger partial charge in [-0.2, -0.15) is 0 Å². The summed E-state index contributed by atoms with van der Waals surface area (Å²) >= 11 is 0. The van der Waals surface area contributed by atoms with Crippen molar-refractivity contribution in [2.45, 2.75) is 25.3 Å². The Kier molecular flexibility index (Phi) is 3.04. The van der Waals surface area contributed by atoms with Crippen molar-refractivity contribution in [3.63, 3.8) is 0 Å². The Morgan fingerprint density at radius 3 is 2.71 bits per heavy atom. The molecule has 1 aromatic rings. The Labute approximate surface area is 121 Å². The number of amides is 3. The van der Waals surface area contributed by atoms with E-state index in [0.717, 1.165) is 10.5 Å². The molecule has 4 N–H and O–H groups in total. The summed E-state index contributed by atoms with van der Waals surface area (Å²) in [6.07, 6.45) is 1.19. The first kappa shape index (κ1) is 13.4. The predicted octanol–water partition coefficient (Wildman–Crippen LogP) is 0.323. The summed E-state index contributed by atoms with van der Waals surface area (Å²) in [6.45, 7) is 0. The Balaban J connectivity index is 1.85. The van der Waals surface area contributed by atoms with Crippen molar-refractivity contribution in [2.24, 2.45) is 0 Å². The van der Waals surface area contributed by atoms with Gasteiger partial charge in [0.05, 0.1) is 17.8 Å². The minimum absolute atomic E-state index is 0.0270. The number of likely N-dealkylation sites (tertiary alicyclic amines) is 1. The van der Waals surface area contributed by atoms with E-state index in [2.05, 4.69) is 10.6 Å². The molecule has 0 aromatic heterocycles. The van der Waals surface area contributed by atoms with Crippen molar-refractivity contribution in [3.8, 4) is 0 Å². The molecular weight excluding hydrogens is 272 g/mol. The lowest BCUT2D eigenvalue weighted by Gasteiger charge is -2.21. The van der Waals surface area contributed by atoms with Crippen LogP contribution in [0.3, 0.4) is 0 Å². The quantitative estimate of drug-likeness (QED) is 0.537. The molecule has 1 saturated heterocycles. The number of aryl methyl sites for hydroxylation is 1. The number of likely N-dealkylation sites (N-methyl/N-ethyl adjacent to an activating group) is 1. The van der Waals surface area contributed by atoms with Crippen molar-refractivity contribution in [1.29, 1.82) is 0 Å². The van der Waals surface area contributed by atoms with Gasteiger partial charge in [-0.15, -0.1) is 0 Å². The Hall–Kier alpha value is -2.57. The third kappa shape index (κ3) is 2.31. The third-order valence-electron chi connectivity index (χ3n) is 3.88. The molecule has 21 heavy (non-hydrogen) atoms. The predicted molar refractivity (Wildman–Crippen MR) is 77.6 cm³/mol. The highest BCUT2D eigenvalue weighted by Crippen LogP contribution is 2.32. The number of anilines is 3. The van der Waals surface area contributed by atoms with Gasteiger partial charge in [-0.05, 0) is 24.1 Å². The van der Waals surface area contributed by atoms with E-state index in [9.17, 15) is 14.4 Å². The van der Waals surface area contributed by atoms with Crippen molar-refractivity contribution < 1.29 is 14.4 Å². The smallest absolute Gasteiger partial charge is 0.251 e. The minimum atomic E-state index is -0.582. The highest BCUT2D eigenvalue weighted by Gasteiger charge is 2.36. The monoisotopic (exact) mass is 288 g/mol. The summed E-state index contributed by atoms with van der Waals surface area (Å²) in [7, 11) is 1.47. The van der Waals surface area contributed by atoms with Gasteiger partial charge < -0.3 is 16.4 Å². The summed E-state index contributed by atoms with van der Waals surface area (Å²) in [5.41, 5.74) is 8.69. The van der Waals surface area contributed by atoms with Crippen molar-refractivity contribution >= 4 is 34.8 Å². The zero-order valence-electron chi connectivity index (χ0n) is 11.6. The fourth-order valence-corrected chi connectivity index (χ4v) is 2.63. The summed E-state index contributed by atoms with van der Waals surface area (Å²) < 4.78 is 0. The number of carbonyl (C=O) groups excluding carboxylic acids is 3. The number of imide groups is 1. The maximum Gasteiger partial charge on any atom is 0.251 e. The molecule has 0 aliphatic carbocycles. The van der Waals surface area contributed by atoms with Crippen LogP contribution < -0.4 is 16.4 Å². The first-order valence-electron chi connectivity index (χ1n) is 6.75. The molecule has 1 atom stereocenters. The first-order chi connectivity index (χ1) is 9.95. The average Bonchev–Trinajstić information content (AvgIpc) is 2.67. The van der Waals surface area contributed by atoms with Crippen LogP contribution in [0, 0.1) is 0 Å². The zero-order valence-corrected chi connectivity index (χ0v) is 11.6. The molecule has 7 nitrogen and oxygen atoms in total. The van der Waals surface area contributed by atoms with E-state index in [-0.39, 0.29) is 24.1 Å². The number of hydrogen-bond donors (Lipinski definition) is 3. The molecule has 0 spiro atoms. The Morgan fingerprint density at radius 1 is 1.29 bits per heavy atom. The van der Waals surface area contributed by atoms with E-state index < -0.39 is 6.04 Å². The second kappa shape index (κ2) is 4.76. The molecule has 2 aliphatic rings. The topological polar surface area (TPSA) is 105 Å². The van der Waals surface area contributed by atoms with Gasteiger partial charge in [0, 0.05) is 19.2 Å². The summed E-state index contributed by atoms with van der Waals surface area (Å²) in [4.78, 5) is 35.9. The number of nitrogens with two attached hydrogens (primary N) is 1. The van der Waals surface area contributed by atoms with Crippen LogP contribution in [-0.4, -0.2) is 35.7 Å². The van der Waals surface area contributed by atoms with Gasteiger partial charge in [0.25, 0.3) is 5.91 Å². The van der Waals surface area contributed by atoms with Gasteiger partial charge in [-0.1, -0.05) is 0 Å². The van der Waals surface area contributed by atoms with E-state index in [1.165, 1.54) is 7.05 Å². The molecule has 1 unspecified atom stereocenters. The van der Waals surface area contributed by atoms with Crippen LogP contribution in [0.15, 0.2) is 12.1 Å². The molecule has 1 fully saturated rings. The number of nitrogens with zero attached hydrogens (tertiary/aromatic N) is 1. The molecule has 2 aliphatic heterocycles. The molecule has 3 rings (SSSR count). The number of fused-ring (bicyclic) bond motifs is 1. The summed E-state index contributed by atoms with van der Waals surface area (Å²) in [5, 5.41) is 5.80. The van der Waals surface area contributed by atoms with Crippen LogP contribution in [0.4, 0.5) is 17.1 Å². The molecule has 1 aromatic carbocycles. The van der Waals surface area contributed by atoms with Gasteiger partial charge in [0.1, 0.15) is 6.04 Å². The second-order valence-corrected chi connectivity index (χ2v) is 5.34. The second-order valence-electron chi connectivity index (χ2n) is 5.34. The number of carbonyl (C=O) groups is 3. The van der Waals surface area contributed by atoms with Gasteiger partial charge in [0.15, 0.2) is 0 Å². The van der Waals surface area contributed by atoms with Crippen LogP contribution in [0.1, 0.15) is 18.4 Å². The average molecular weight is 288 g/mol.